The van der Waals surface area contributed by atoms with Crippen molar-refractivity contribution in [3.8, 4) is 5.75 Å². The molecule has 1 fully saturated rings. The molecule has 0 spiro atoms. The number of para-hydroxylation sites is 1. The van der Waals surface area contributed by atoms with Crippen LogP contribution in [0.2, 0.25) is 0 Å². The molecular weight excluding hydrogens is 286 g/mol. The molecule has 6 nitrogen and oxygen atoms in total. The largest absolute Gasteiger partial charge is 0.488 e. The Labute approximate surface area is 127 Å². The van der Waals surface area contributed by atoms with Crippen LogP contribution in [0.25, 0.3) is 6.08 Å². The van der Waals surface area contributed by atoms with E-state index in [-0.39, 0.29) is 25.5 Å². The van der Waals surface area contributed by atoms with Crippen LogP contribution in [-0.2, 0) is 14.3 Å². The number of carboxylic acids is 1. The molecular formula is C16H17NO5. The van der Waals surface area contributed by atoms with Gasteiger partial charge in [0.05, 0.1) is 24.1 Å². The van der Waals surface area contributed by atoms with Crippen molar-refractivity contribution in [2.75, 3.05) is 19.8 Å². The number of carbonyl (C=O) groups is 2. The number of aliphatic carboxylic acids is 1. The van der Waals surface area contributed by atoms with E-state index in [4.69, 9.17) is 14.6 Å². The second-order valence-corrected chi connectivity index (χ2v) is 5.60. The van der Waals surface area contributed by atoms with Gasteiger partial charge >= 0.3 is 5.97 Å². The normalized spacial score (nSPS) is 23.2. The number of carbonyl (C=O) groups excluding carboxylic acids is 1. The van der Waals surface area contributed by atoms with E-state index >= 15 is 0 Å². The average molecular weight is 303 g/mol. The van der Waals surface area contributed by atoms with E-state index in [2.05, 4.69) is 5.32 Å². The lowest BCUT2D eigenvalue weighted by molar-refractivity contribution is -0.139. The van der Waals surface area contributed by atoms with Gasteiger partial charge in [-0.25, -0.2) is 0 Å². The van der Waals surface area contributed by atoms with Crippen LogP contribution in [0, 0.1) is 0 Å². The topological polar surface area (TPSA) is 84.9 Å². The molecule has 2 aliphatic rings. The summed E-state index contributed by atoms with van der Waals surface area (Å²) < 4.78 is 10.8. The smallest absolute Gasteiger partial charge is 0.305 e. The SMILES string of the molecule is O=C(O)CC1(NC(=O)C2=Cc3ccccc3OC2)CCOC1. The number of hydrogen-bond acceptors (Lipinski definition) is 4. The van der Waals surface area contributed by atoms with Crippen LogP contribution in [0.15, 0.2) is 29.8 Å². The molecule has 1 saturated heterocycles. The number of rotatable bonds is 4. The van der Waals surface area contributed by atoms with Crippen LogP contribution in [0.1, 0.15) is 18.4 Å². The third-order valence-electron chi connectivity index (χ3n) is 3.90. The van der Waals surface area contributed by atoms with Crippen LogP contribution >= 0.6 is 0 Å². The number of ether oxygens (including phenoxy) is 2. The van der Waals surface area contributed by atoms with E-state index in [9.17, 15) is 9.59 Å². The Morgan fingerprint density at radius 3 is 2.86 bits per heavy atom. The highest BCUT2D eigenvalue weighted by atomic mass is 16.5. The summed E-state index contributed by atoms with van der Waals surface area (Å²) in [6, 6.07) is 7.45. The minimum absolute atomic E-state index is 0.149. The number of fused-ring (bicyclic) bond motifs is 1. The molecule has 0 radical (unpaired) electrons. The van der Waals surface area contributed by atoms with Crippen molar-refractivity contribution in [1.82, 2.24) is 5.32 Å². The minimum Gasteiger partial charge on any atom is -0.488 e. The van der Waals surface area contributed by atoms with Crippen LogP contribution in [0.3, 0.4) is 0 Å². The lowest BCUT2D eigenvalue weighted by Gasteiger charge is -2.28. The molecule has 1 amide bonds. The lowest BCUT2D eigenvalue weighted by Crippen LogP contribution is -2.51. The zero-order valence-corrected chi connectivity index (χ0v) is 12.0. The molecule has 116 valence electrons. The summed E-state index contributed by atoms with van der Waals surface area (Å²) in [5.74, 6) is -0.519. The Hall–Kier alpha value is -2.34. The zero-order valence-electron chi connectivity index (χ0n) is 12.0. The van der Waals surface area contributed by atoms with Crippen molar-refractivity contribution in [2.24, 2.45) is 0 Å². The van der Waals surface area contributed by atoms with E-state index in [1.165, 1.54) is 0 Å². The predicted octanol–water partition coefficient (Wildman–Crippen LogP) is 1.21. The number of carboxylic acid groups (broad SMARTS) is 1. The van der Waals surface area contributed by atoms with Crippen LogP contribution < -0.4 is 10.1 Å². The number of hydrogen-bond donors (Lipinski definition) is 2. The highest BCUT2D eigenvalue weighted by Gasteiger charge is 2.39. The standard InChI is InChI=1S/C16H17NO5/c18-14(19)8-16(5-6-21-10-16)17-15(20)12-7-11-3-1-2-4-13(11)22-9-12/h1-4,7H,5-6,8-10H2,(H,17,20)(H,18,19). The van der Waals surface area contributed by atoms with E-state index in [1.807, 2.05) is 24.3 Å². The Kier molecular flexibility index (Phi) is 3.85. The second-order valence-electron chi connectivity index (χ2n) is 5.60. The van der Waals surface area contributed by atoms with Gasteiger partial charge < -0.3 is 19.9 Å². The van der Waals surface area contributed by atoms with Crippen molar-refractivity contribution in [2.45, 2.75) is 18.4 Å². The summed E-state index contributed by atoms with van der Waals surface area (Å²) in [7, 11) is 0. The summed E-state index contributed by atoms with van der Waals surface area (Å²) in [5.41, 5.74) is 0.491. The first-order chi connectivity index (χ1) is 10.6. The van der Waals surface area contributed by atoms with Gasteiger partial charge in [0, 0.05) is 12.2 Å². The van der Waals surface area contributed by atoms with Crippen molar-refractivity contribution in [1.29, 1.82) is 0 Å². The summed E-state index contributed by atoms with van der Waals surface area (Å²) in [6.07, 6.45) is 2.12. The highest BCUT2D eigenvalue weighted by molar-refractivity contribution is 5.99. The van der Waals surface area contributed by atoms with E-state index in [0.29, 0.717) is 18.6 Å². The van der Waals surface area contributed by atoms with Crippen LogP contribution in [0.5, 0.6) is 5.75 Å². The van der Waals surface area contributed by atoms with Gasteiger partial charge in [-0.05, 0) is 18.6 Å². The fourth-order valence-electron chi connectivity index (χ4n) is 2.75. The fourth-order valence-corrected chi connectivity index (χ4v) is 2.75. The van der Waals surface area contributed by atoms with E-state index < -0.39 is 11.5 Å². The molecule has 0 aromatic heterocycles. The van der Waals surface area contributed by atoms with Gasteiger partial charge in [0.1, 0.15) is 12.4 Å². The van der Waals surface area contributed by atoms with Gasteiger partial charge in [-0.15, -0.1) is 0 Å². The van der Waals surface area contributed by atoms with Gasteiger partial charge in [-0.3, -0.25) is 9.59 Å². The van der Waals surface area contributed by atoms with Gasteiger partial charge in [-0.2, -0.15) is 0 Å². The maximum absolute atomic E-state index is 12.4. The second kappa shape index (κ2) is 5.81. The molecule has 2 aliphatic heterocycles. The van der Waals surface area contributed by atoms with Crippen molar-refractivity contribution in [3.05, 3.63) is 35.4 Å². The Morgan fingerprint density at radius 1 is 1.32 bits per heavy atom. The zero-order chi connectivity index (χ0) is 15.6. The molecule has 2 heterocycles. The predicted molar refractivity (Wildman–Crippen MR) is 78.5 cm³/mol. The molecule has 0 saturated carbocycles. The highest BCUT2D eigenvalue weighted by Crippen LogP contribution is 2.27. The average Bonchev–Trinajstić information content (AvgIpc) is 2.94. The third kappa shape index (κ3) is 2.96. The molecule has 1 aromatic rings. The first-order valence-electron chi connectivity index (χ1n) is 7.12. The first-order valence-corrected chi connectivity index (χ1v) is 7.12. The molecule has 22 heavy (non-hydrogen) atoms. The number of amides is 1. The van der Waals surface area contributed by atoms with Crippen LogP contribution in [-0.4, -0.2) is 42.3 Å². The Bertz CT molecular complexity index is 631. The molecule has 1 atom stereocenters. The first kappa shape index (κ1) is 14.6. The summed E-state index contributed by atoms with van der Waals surface area (Å²) in [6.45, 7) is 0.842. The van der Waals surface area contributed by atoms with Gasteiger partial charge in [-0.1, -0.05) is 18.2 Å². The van der Waals surface area contributed by atoms with E-state index in [1.54, 1.807) is 6.08 Å². The third-order valence-corrected chi connectivity index (χ3v) is 3.90. The van der Waals surface area contributed by atoms with Gasteiger partial charge in [0.2, 0.25) is 0 Å². The minimum atomic E-state index is -0.954. The Morgan fingerprint density at radius 2 is 2.14 bits per heavy atom. The lowest BCUT2D eigenvalue weighted by atomic mass is 9.93. The molecule has 0 aliphatic carbocycles. The fraction of sp³-hybridized carbons (Fsp3) is 0.375. The maximum atomic E-state index is 12.4. The Balaban J connectivity index is 1.77. The molecule has 6 heteroatoms. The summed E-state index contributed by atoms with van der Waals surface area (Å²) >= 11 is 0. The molecule has 1 aromatic carbocycles. The number of nitrogens with one attached hydrogen (secondary N) is 1. The molecule has 3 rings (SSSR count). The quantitative estimate of drug-likeness (QED) is 0.873. The maximum Gasteiger partial charge on any atom is 0.305 e. The van der Waals surface area contributed by atoms with Gasteiger partial charge in [0.15, 0.2) is 0 Å². The molecule has 0 bridgehead atoms. The molecule has 1 unspecified atom stereocenters. The summed E-state index contributed by atoms with van der Waals surface area (Å²) in [5, 5.41) is 11.9. The van der Waals surface area contributed by atoms with Crippen molar-refractivity contribution >= 4 is 18.0 Å². The van der Waals surface area contributed by atoms with Crippen molar-refractivity contribution < 1.29 is 24.2 Å². The van der Waals surface area contributed by atoms with E-state index in [0.717, 1.165) is 11.3 Å². The monoisotopic (exact) mass is 303 g/mol. The molecule has 2 N–H and O–H groups in total. The van der Waals surface area contributed by atoms with Gasteiger partial charge in [0.25, 0.3) is 5.91 Å². The van der Waals surface area contributed by atoms with Crippen molar-refractivity contribution in [3.63, 3.8) is 0 Å². The number of benzene rings is 1. The van der Waals surface area contributed by atoms with Crippen LogP contribution in [0.4, 0.5) is 0 Å². The summed E-state index contributed by atoms with van der Waals surface area (Å²) in [4.78, 5) is 23.5.